The van der Waals surface area contributed by atoms with E-state index in [1.807, 2.05) is 0 Å². The molecule has 1 aromatic rings. The first-order valence-electron chi connectivity index (χ1n) is 3.98. The molecule has 0 bridgehead atoms. The summed E-state index contributed by atoms with van der Waals surface area (Å²) >= 11 is 0. The van der Waals surface area contributed by atoms with Gasteiger partial charge < -0.3 is 4.84 Å². The number of nitrogens with one attached hydrogen (secondary N) is 1. The van der Waals surface area contributed by atoms with Crippen LogP contribution in [0.25, 0.3) is 0 Å². The zero-order valence-electron chi connectivity index (χ0n) is 7.32. The van der Waals surface area contributed by atoms with Crippen molar-refractivity contribution in [2.45, 2.75) is 6.18 Å². The summed E-state index contributed by atoms with van der Waals surface area (Å²) in [5.74, 6) is 0.110. The molecule has 7 heteroatoms. The molecule has 80 valence electrons. The van der Waals surface area contributed by atoms with E-state index in [2.05, 4.69) is 15.4 Å². The molecule has 0 unspecified atom stereocenters. The van der Waals surface area contributed by atoms with Gasteiger partial charge in [-0.05, 0) is 12.1 Å². The first-order chi connectivity index (χ1) is 7.07. The predicted octanol–water partition coefficient (Wildman–Crippen LogP) is 1.83. The Labute approximate surface area is 82.9 Å². The number of hydrogen-bond acceptors (Lipinski definition) is 4. The average Bonchev–Trinajstić information content (AvgIpc) is 2.69. The summed E-state index contributed by atoms with van der Waals surface area (Å²) in [5.41, 5.74) is 1.59. The van der Waals surface area contributed by atoms with Crippen molar-refractivity contribution >= 4 is 5.82 Å². The highest BCUT2D eigenvalue weighted by molar-refractivity contribution is 5.43. The van der Waals surface area contributed by atoms with Crippen LogP contribution in [0.15, 0.2) is 30.8 Å². The molecule has 0 radical (unpaired) electrons. The van der Waals surface area contributed by atoms with Gasteiger partial charge in [0.1, 0.15) is 12.1 Å². The van der Waals surface area contributed by atoms with Gasteiger partial charge in [-0.1, -0.05) is 5.59 Å². The van der Waals surface area contributed by atoms with Gasteiger partial charge in [-0.2, -0.15) is 13.2 Å². The monoisotopic (exact) mass is 217 g/mol. The molecule has 0 atom stereocenters. The fourth-order valence-corrected chi connectivity index (χ4v) is 1.06. The Kier molecular flexibility index (Phi) is 2.24. The van der Waals surface area contributed by atoms with Gasteiger partial charge in [-0.3, -0.25) is 0 Å². The maximum absolute atomic E-state index is 12.3. The minimum absolute atomic E-state index is 0.110. The molecular weight excluding hydrogens is 211 g/mol. The normalized spacial score (nSPS) is 15.5. The number of hydrogen-bond donors (Lipinski definition) is 1. The SMILES string of the molecule is FC(F)(F)c1ccnc(N2C=CON2)c1. The van der Waals surface area contributed by atoms with Crippen LogP contribution < -0.4 is 10.6 Å². The van der Waals surface area contributed by atoms with Crippen molar-refractivity contribution in [2.75, 3.05) is 5.01 Å². The van der Waals surface area contributed by atoms with Crippen LogP contribution in [-0.4, -0.2) is 4.98 Å². The predicted molar refractivity (Wildman–Crippen MR) is 45.1 cm³/mol. The van der Waals surface area contributed by atoms with Crippen LogP contribution in [-0.2, 0) is 11.0 Å². The zero-order valence-corrected chi connectivity index (χ0v) is 7.32. The lowest BCUT2D eigenvalue weighted by Crippen LogP contribution is -2.28. The van der Waals surface area contributed by atoms with Crippen molar-refractivity contribution in [3.8, 4) is 0 Å². The summed E-state index contributed by atoms with van der Waals surface area (Å²) in [4.78, 5) is 8.38. The molecule has 15 heavy (non-hydrogen) atoms. The summed E-state index contributed by atoms with van der Waals surface area (Å²) in [7, 11) is 0. The van der Waals surface area contributed by atoms with Gasteiger partial charge in [0.05, 0.1) is 11.8 Å². The van der Waals surface area contributed by atoms with E-state index in [0.29, 0.717) is 0 Å². The van der Waals surface area contributed by atoms with Crippen LogP contribution in [0.5, 0.6) is 0 Å². The standard InChI is InChI=1S/C8H6F3N3O/c9-8(10,11)6-1-2-12-7(5-6)14-3-4-15-13-14/h1-5,13H. The molecule has 0 amide bonds. The van der Waals surface area contributed by atoms with E-state index in [9.17, 15) is 13.2 Å². The van der Waals surface area contributed by atoms with Crippen molar-refractivity contribution < 1.29 is 18.0 Å². The Bertz CT molecular complexity index is 391. The van der Waals surface area contributed by atoms with Gasteiger partial charge in [0.25, 0.3) is 0 Å². The van der Waals surface area contributed by atoms with Gasteiger partial charge in [-0.25, -0.2) is 9.99 Å². The third-order valence-electron chi connectivity index (χ3n) is 1.75. The van der Waals surface area contributed by atoms with Gasteiger partial charge in [-0.15, -0.1) is 0 Å². The van der Waals surface area contributed by atoms with E-state index >= 15 is 0 Å². The highest BCUT2D eigenvalue weighted by atomic mass is 19.4. The van der Waals surface area contributed by atoms with Crippen molar-refractivity contribution in [1.29, 1.82) is 0 Å². The lowest BCUT2D eigenvalue weighted by atomic mass is 10.2. The maximum Gasteiger partial charge on any atom is 0.416 e. The lowest BCUT2D eigenvalue weighted by molar-refractivity contribution is -0.137. The Hall–Kier alpha value is -1.76. The molecule has 0 aromatic carbocycles. The van der Waals surface area contributed by atoms with Crippen molar-refractivity contribution in [3.05, 3.63) is 36.4 Å². The number of nitrogens with zero attached hydrogens (tertiary/aromatic N) is 2. The smallest absolute Gasteiger partial charge is 0.395 e. The minimum Gasteiger partial charge on any atom is -0.395 e. The first-order valence-corrected chi connectivity index (χ1v) is 3.98. The molecule has 0 spiro atoms. The third-order valence-corrected chi connectivity index (χ3v) is 1.75. The van der Waals surface area contributed by atoms with Crippen LogP contribution in [0.1, 0.15) is 5.56 Å². The van der Waals surface area contributed by atoms with E-state index < -0.39 is 11.7 Å². The number of rotatable bonds is 1. The highest BCUT2D eigenvalue weighted by Gasteiger charge is 2.31. The second-order valence-corrected chi connectivity index (χ2v) is 2.76. The van der Waals surface area contributed by atoms with Crippen LogP contribution in [0, 0.1) is 0 Å². The van der Waals surface area contributed by atoms with Crippen molar-refractivity contribution in [2.24, 2.45) is 0 Å². The largest absolute Gasteiger partial charge is 0.416 e. The Balaban J connectivity index is 2.30. The summed E-state index contributed by atoms with van der Waals surface area (Å²) < 4.78 is 37.0. The summed E-state index contributed by atoms with van der Waals surface area (Å²) in [6.07, 6.45) is -0.571. The Morgan fingerprint density at radius 2 is 2.20 bits per heavy atom. The summed E-state index contributed by atoms with van der Waals surface area (Å²) in [6, 6.07) is 1.83. The number of anilines is 1. The van der Waals surface area contributed by atoms with Gasteiger partial charge in [0.15, 0.2) is 0 Å². The molecule has 1 N–H and O–H groups in total. The number of aromatic nitrogens is 1. The molecule has 2 heterocycles. The van der Waals surface area contributed by atoms with E-state index in [1.54, 1.807) is 0 Å². The minimum atomic E-state index is -4.37. The third kappa shape index (κ3) is 2.01. The van der Waals surface area contributed by atoms with Crippen LogP contribution >= 0.6 is 0 Å². The molecule has 2 rings (SSSR count). The van der Waals surface area contributed by atoms with E-state index in [4.69, 9.17) is 0 Å². The first kappa shape index (κ1) is 9.78. The number of halogens is 3. The number of pyridine rings is 1. The molecule has 0 fully saturated rings. The summed E-state index contributed by atoms with van der Waals surface area (Å²) in [6.45, 7) is 0. The number of hydrazine groups is 1. The lowest BCUT2D eigenvalue weighted by Gasteiger charge is -2.14. The van der Waals surface area contributed by atoms with Crippen molar-refractivity contribution in [3.63, 3.8) is 0 Å². The second-order valence-electron chi connectivity index (χ2n) is 2.76. The average molecular weight is 217 g/mol. The Morgan fingerprint density at radius 1 is 1.40 bits per heavy atom. The Morgan fingerprint density at radius 3 is 2.80 bits per heavy atom. The number of alkyl halides is 3. The molecule has 1 aliphatic heterocycles. The second kappa shape index (κ2) is 3.43. The summed E-state index contributed by atoms with van der Waals surface area (Å²) in [5, 5.41) is 1.23. The van der Waals surface area contributed by atoms with Gasteiger partial charge in [0, 0.05) is 6.20 Å². The fraction of sp³-hybridized carbons (Fsp3) is 0.125. The molecule has 4 nitrogen and oxygen atoms in total. The van der Waals surface area contributed by atoms with Crippen molar-refractivity contribution in [1.82, 2.24) is 10.6 Å². The topological polar surface area (TPSA) is 37.4 Å². The van der Waals surface area contributed by atoms with Crippen LogP contribution in [0.3, 0.4) is 0 Å². The molecule has 1 aromatic heterocycles. The molecular formula is C8H6F3N3O. The molecule has 0 saturated heterocycles. The fourth-order valence-electron chi connectivity index (χ4n) is 1.06. The maximum atomic E-state index is 12.3. The van der Waals surface area contributed by atoms with Crippen LogP contribution in [0.4, 0.5) is 19.0 Å². The molecule has 0 saturated carbocycles. The van der Waals surface area contributed by atoms with E-state index in [-0.39, 0.29) is 5.82 Å². The van der Waals surface area contributed by atoms with E-state index in [0.717, 1.165) is 18.3 Å². The zero-order chi connectivity index (χ0) is 10.9. The van der Waals surface area contributed by atoms with E-state index in [1.165, 1.54) is 17.5 Å². The van der Waals surface area contributed by atoms with Gasteiger partial charge >= 0.3 is 6.18 Å². The highest BCUT2D eigenvalue weighted by Crippen LogP contribution is 2.30. The quantitative estimate of drug-likeness (QED) is 0.778. The van der Waals surface area contributed by atoms with Crippen LogP contribution in [0.2, 0.25) is 0 Å². The molecule has 0 aliphatic carbocycles. The molecule has 1 aliphatic rings. The van der Waals surface area contributed by atoms with Gasteiger partial charge in [0.2, 0.25) is 0 Å².